The number of aromatic nitrogens is 3. The van der Waals surface area contributed by atoms with Crippen molar-refractivity contribution in [2.24, 2.45) is 0 Å². The van der Waals surface area contributed by atoms with Gasteiger partial charge in [-0.05, 0) is 87.6 Å². The van der Waals surface area contributed by atoms with E-state index in [0.717, 1.165) is 35.3 Å². The Morgan fingerprint density at radius 3 is 2.71 bits per heavy atom. The topological polar surface area (TPSA) is 53.9 Å². The van der Waals surface area contributed by atoms with E-state index in [9.17, 15) is 0 Å². The number of thiophene rings is 1. The lowest BCUT2D eigenvalue weighted by molar-refractivity contribution is 0.186. The lowest BCUT2D eigenvalue weighted by Crippen LogP contribution is -2.39. The van der Waals surface area contributed by atoms with Crippen LogP contribution in [-0.4, -0.2) is 44.4 Å². The highest BCUT2D eigenvalue weighted by Crippen LogP contribution is 2.31. The Bertz CT molecular complexity index is 935. The van der Waals surface area contributed by atoms with E-state index in [-0.39, 0.29) is 0 Å². The third kappa shape index (κ3) is 3.93. The number of hydrogen-bond donors (Lipinski definition) is 1. The molecule has 28 heavy (non-hydrogen) atoms. The molecule has 1 aliphatic carbocycles. The Morgan fingerprint density at radius 2 is 1.96 bits per heavy atom. The van der Waals surface area contributed by atoms with Gasteiger partial charge in [0.15, 0.2) is 0 Å². The monoisotopic (exact) mass is 413 g/mol. The maximum absolute atomic E-state index is 4.92. The van der Waals surface area contributed by atoms with Crippen molar-refractivity contribution in [1.29, 1.82) is 0 Å². The minimum absolute atomic E-state index is 0.526. The minimum atomic E-state index is 0.526. The van der Waals surface area contributed by atoms with Gasteiger partial charge < -0.3 is 10.2 Å². The molecule has 5 rings (SSSR count). The van der Waals surface area contributed by atoms with E-state index in [1.807, 2.05) is 6.92 Å². The summed E-state index contributed by atoms with van der Waals surface area (Å²) in [5, 5.41) is 5.90. The Morgan fingerprint density at radius 1 is 1.14 bits per heavy atom. The number of anilines is 1. The fourth-order valence-electron chi connectivity index (χ4n) is 4.63. The van der Waals surface area contributed by atoms with Crippen molar-refractivity contribution in [1.82, 2.24) is 19.2 Å². The molecule has 0 spiro atoms. The van der Waals surface area contributed by atoms with Crippen molar-refractivity contribution in [2.45, 2.75) is 64.0 Å². The van der Waals surface area contributed by atoms with Gasteiger partial charge in [0.2, 0.25) is 0 Å². The van der Waals surface area contributed by atoms with Crippen molar-refractivity contribution in [3.8, 4) is 0 Å². The average molecular weight is 414 g/mol. The standard InChI is InChI=1S/C21H27N5S2/c1-14-12-17(28-25-14)13-19-23-18-8-11-27-20(18)21(24-19)22-15-4-6-16(7-5-15)26-9-2-3-10-26/h8,11-12,15-16H,2-7,9-10,13H2,1H3,(H,22,23,24). The van der Waals surface area contributed by atoms with Crippen LogP contribution in [0.3, 0.4) is 0 Å². The van der Waals surface area contributed by atoms with Crippen LogP contribution in [0.15, 0.2) is 17.5 Å². The van der Waals surface area contributed by atoms with Gasteiger partial charge in [-0.25, -0.2) is 9.97 Å². The van der Waals surface area contributed by atoms with Crippen LogP contribution < -0.4 is 5.32 Å². The fraction of sp³-hybridized carbons (Fsp3) is 0.571. The van der Waals surface area contributed by atoms with Gasteiger partial charge in [-0.2, -0.15) is 4.37 Å². The van der Waals surface area contributed by atoms with Gasteiger partial charge in [0.05, 0.1) is 15.9 Å². The largest absolute Gasteiger partial charge is 0.366 e. The van der Waals surface area contributed by atoms with Gasteiger partial charge in [0.25, 0.3) is 0 Å². The van der Waals surface area contributed by atoms with Crippen LogP contribution in [0.25, 0.3) is 10.2 Å². The van der Waals surface area contributed by atoms with Crippen molar-refractivity contribution < 1.29 is 0 Å². The molecule has 0 amide bonds. The summed E-state index contributed by atoms with van der Waals surface area (Å²) in [7, 11) is 0. The second-order valence-electron chi connectivity index (χ2n) is 8.13. The summed E-state index contributed by atoms with van der Waals surface area (Å²) in [5.41, 5.74) is 2.13. The molecule has 1 saturated carbocycles. The molecule has 0 radical (unpaired) electrons. The Labute approximate surface area is 174 Å². The molecule has 1 aliphatic heterocycles. The van der Waals surface area contributed by atoms with Crippen LogP contribution in [0.5, 0.6) is 0 Å². The van der Waals surface area contributed by atoms with E-state index >= 15 is 0 Å². The molecule has 148 valence electrons. The van der Waals surface area contributed by atoms with Gasteiger partial charge in [0, 0.05) is 23.4 Å². The van der Waals surface area contributed by atoms with Gasteiger partial charge in [0.1, 0.15) is 11.6 Å². The quantitative estimate of drug-likeness (QED) is 0.647. The smallest absolute Gasteiger partial charge is 0.148 e. The fourth-order valence-corrected chi connectivity index (χ4v) is 6.14. The first kappa shape index (κ1) is 18.5. The molecule has 4 heterocycles. The molecule has 2 aliphatic rings. The number of fused-ring (bicyclic) bond motifs is 1. The maximum Gasteiger partial charge on any atom is 0.148 e. The highest BCUT2D eigenvalue weighted by molar-refractivity contribution is 7.17. The summed E-state index contributed by atoms with van der Waals surface area (Å²) in [6, 6.07) is 5.58. The lowest BCUT2D eigenvalue weighted by Gasteiger charge is -2.35. The van der Waals surface area contributed by atoms with Gasteiger partial charge >= 0.3 is 0 Å². The first-order valence-electron chi connectivity index (χ1n) is 10.4. The third-order valence-corrected chi connectivity index (χ3v) is 7.84. The van der Waals surface area contributed by atoms with E-state index in [1.165, 1.54) is 61.2 Å². The number of likely N-dealkylation sites (tertiary alicyclic amines) is 1. The number of nitrogens with one attached hydrogen (secondary N) is 1. The van der Waals surface area contributed by atoms with E-state index < -0.39 is 0 Å². The first-order valence-corrected chi connectivity index (χ1v) is 12.1. The third-order valence-electron chi connectivity index (χ3n) is 6.05. The molecule has 3 aromatic heterocycles. The summed E-state index contributed by atoms with van der Waals surface area (Å²) >= 11 is 3.29. The first-order chi connectivity index (χ1) is 13.7. The Kier molecular flexibility index (Phi) is 5.30. The number of aryl methyl sites for hydroxylation is 1. The summed E-state index contributed by atoms with van der Waals surface area (Å²) in [4.78, 5) is 13.7. The Balaban J connectivity index is 1.30. The predicted octanol–water partition coefficient (Wildman–Crippen LogP) is 4.87. The molecular formula is C21H27N5S2. The lowest BCUT2D eigenvalue weighted by atomic mass is 9.90. The predicted molar refractivity (Wildman–Crippen MR) is 118 cm³/mol. The second kappa shape index (κ2) is 8.05. The zero-order valence-corrected chi connectivity index (χ0v) is 18.0. The van der Waals surface area contributed by atoms with Crippen LogP contribution >= 0.6 is 22.9 Å². The second-order valence-corrected chi connectivity index (χ2v) is 9.93. The van der Waals surface area contributed by atoms with Crippen LogP contribution in [0.2, 0.25) is 0 Å². The highest BCUT2D eigenvalue weighted by atomic mass is 32.1. The maximum atomic E-state index is 4.92. The summed E-state index contributed by atoms with van der Waals surface area (Å²) in [6.45, 7) is 4.66. The molecule has 0 atom stereocenters. The van der Waals surface area contributed by atoms with Crippen LogP contribution in [-0.2, 0) is 6.42 Å². The summed E-state index contributed by atoms with van der Waals surface area (Å²) < 4.78 is 5.58. The van der Waals surface area contributed by atoms with Crippen LogP contribution in [0.4, 0.5) is 5.82 Å². The summed E-state index contributed by atoms with van der Waals surface area (Å²) in [6.07, 6.45) is 8.62. The molecule has 5 nitrogen and oxygen atoms in total. The van der Waals surface area contributed by atoms with Gasteiger partial charge in [-0.1, -0.05) is 0 Å². The molecule has 0 bridgehead atoms. The molecule has 0 aromatic carbocycles. The Hall–Kier alpha value is -1.57. The van der Waals surface area contributed by atoms with E-state index in [4.69, 9.17) is 9.97 Å². The van der Waals surface area contributed by atoms with E-state index in [0.29, 0.717) is 6.04 Å². The van der Waals surface area contributed by atoms with Gasteiger partial charge in [-0.15, -0.1) is 11.3 Å². The van der Waals surface area contributed by atoms with Gasteiger partial charge in [-0.3, -0.25) is 0 Å². The number of hydrogen-bond acceptors (Lipinski definition) is 7. The molecule has 3 aromatic rings. The molecule has 1 N–H and O–H groups in total. The van der Waals surface area contributed by atoms with Crippen molar-refractivity contribution >= 4 is 38.9 Å². The molecular weight excluding hydrogens is 386 g/mol. The van der Waals surface area contributed by atoms with Crippen molar-refractivity contribution in [2.75, 3.05) is 18.4 Å². The average Bonchev–Trinajstić information content (AvgIpc) is 3.44. The molecule has 7 heteroatoms. The summed E-state index contributed by atoms with van der Waals surface area (Å²) in [5.74, 6) is 1.92. The zero-order chi connectivity index (χ0) is 18.9. The molecule has 1 saturated heterocycles. The normalized spacial score (nSPS) is 23.5. The molecule has 2 fully saturated rings. The van der Waals surface area contributed by atoms with Crippen LogP contribution in [0.1, 0.15) is 54.9 Å². The zero-order valence-electron chi connectivity index (χ0n) is 16.4. The number of rotatable bonds is 5. The number of nitrogens with zero attached hydrogens (tertiary/aromatic N) is 4. The SMILES string of the molecule is Cc1cc(Cc2nc(NC3CCC(N4CCCC4)CC3)c3sccc3n2)sn1. The van der Waals surface area contributed by atoms with E-state index in [1.54, 1.807) is 22.9 Å². The van der Waals surface area contributed by atoms with Crippen molar-refractivity contribution in [3.05, 3.63) is 33.9 Å². The molecule has 0 unspecified atom stereocenters. The van der Waals surface area contributed by atoms with E-state index in [2.05, 4.69) is 32.1 Å². The minimum Gasteiger partial charge on any atom is -0.366 e. The highest BCUT2D eigenvalue weighted by Gasteiger charge is 2.28. The van der Waals surface area contributed by atoms with Crippen LogP contribution in [0, 0.1) is 6.92 Å². The van der Waals surface area contributed by atoms with Crippen molar-refractivity contribution in [3.63, 3.8) is 0 Å².